The van der Waals surface area contributed by atoms with Crippen molar-refractivity contribution in [3.05, 3.63) is 41.7 Å². The number of aromatic nitrogens is 2. The van der Waals surface area contributed by atoms with Gasteiger partial charge in [0.25, 0.3) is 0 Å². The number of ether oxygens (including phenoxy) is 4. The Morgan fingerprint density at radius 1 is 1.06 bits per heavy atom. The zero-order valence-corrected chi connectivity index (χ0v) is 19.0. The van der Waals surface area contributed by atoms with Gasteiger partial charge >= 0.3 is 0 Å². The molecule has 0 radical (unpaired) electrons. The van der Waals surface area contributed by atoms with Gasteiger partial charge in [-0.25, -0.2) is 9.97 Å². The first kappa shape index (κ1) is 22.4. The van der Waals surface area contributed by atoms with Gasteiger partial charge in [0, 0.05) is 37.2 Å². The summed E-state index contributed by atoms with van der Waals surface area (Å²) < 4.78 is 22.3. The fraction of sp³-hybridized carbons (Fsp3) is 0.391. The molecule has 0 spiro atoms. The second-order valence-electron chi connectivity index (χ2n) is 7.37. The molecule has 4 rings (SSSR count). The maximum absolute atomic E-state index is 6.35. The van der Waals surface area contributed by atoms with E-state index in [1.54, 1.807) is 26.4 Å². The zero-order valence-electron chi connectivity index (χ0n) is 18.3. The number of nitrogens with one attached hydrogen (secondary N) is 1. The minimum atomic E-state index is 0.560. The molecular formula is C23H27ClN4O4. The van der Waals surface area contributed by atoms with Gasteiger partial charge in [0.15, 0.2) is 11.5 Å². The average Bonchev–Trinajstić information content (AvgIpc) is 2.83. The molecule has 32 heavy (non-hydrogen) atoms. The highest BCUT2D eigenvalue weighted by Gasteiger charge is 2.14. The topological polar surface area (TPSA) is 78.0 Å². The molecule has 1 aliphatic heterocycles. The summed E-state index contributed by atoms with van der Waals surface area (Å²) in [7, 11) is 3.23. The van der Waals surface area contributed by atoms with Crippen molar-refractivity contribution in [1.29, 1.82) is 0 Å². The van der Waals surface area contributed by atoms with E-state index >= 15 is 0 Å². The second-order valence-corrected chi connectivity index (χ2v) is 7.78. The van der Waals surface area contributed by atoms with Crippen LogP contribution >= 0.6 is 11.6 Å². The average molecular weight is 459 g/mol. The van der Waals surface area contributed by atoms with Crippen LogP contribution in [0.1, 0.15) is 6.42 Å². The van der Waals surface area contributed by atoms with Gasteiger partial charge in [0.1, 0.15) is 17.9 Å². The van der Waals surface area contributed by atoms with Crippen molar-refractivity contribution >= 4 is 34.0 Å². The summed E-state index contributed by atoms with van der Waals surface area (Å²) in [4.78, 5) is 11.2. The Bertz CT molecular complexity index is 1060. The normalized spacial score (nSPS) is 14.3. The van der Waals surface area contributed by atoms with Crippen LogP contribution < -0.4 is 19.5 Å². The van der Waals surface area contributed by atoms with Gasteiger partial charge in [0.2, 0.25) is 0 Å². The summed E-state index contributed by atoms with van der Waals surface area (Å²) in [5, 5.41) is 4.63. The lowest BCUT2D eigenvalue weighted by molar-refractivity contribution is 0.0357. The van der Waals surface area contributed by atoms with Gasteiger partial charge in [0.05, 0.1) is 50.3 Å². The SMILES string of the molecule is COc1ccc(Cl)c(Nc2ncnc3cc(OCCCN4CCOCC4)c(OC)cc23)c1. The number of fused-ring (bicyclic) bond motifs is 1. The number of morpholine rings is 1. The maximum Gasteiger partial charge on any atom is 0.163 e. The Balaban J connectivity index is 1.50. The van der Waals surface area contributed by atoms with Crippen LogP contribution in [0, 0.1) is 0 Å². The lowest BCUT2D eigenvalue weighted by Gasteiger charge is -2.26. The van der Waals surface area contributed by atoms with Crippen LogP contribution in [0.4, 0.5) is 11.5 Å². The van der Waals surface area contributed by atoms with Crippen LogP contribution in [0.5, 0.6) is 17.2 Å². The predicted molar refractivity (Wildman–Crippen MR) is 125 cm³/mol. The summed E-state index contributed by atoms with van der Waals surface area (Å²) in [6, 6.07) is 9.15. The van der Waals surface area contributed by atoms with Gasteiger partial charge < -0.3 is 24.3 Å². The van der Waals surface area contributed by atoms with Gasteiger partial charge in [-0.15, -0.1) is 0 Å². The first-order chi connectivity index (χ1) is 15.7. The molecule has 1 N–H and O–H groups in total. The third-order valence-electron chi connectivity index (χ3n) is 5.33. The van der Waals surface area contributed by atoms with E-state index < -0.39 is 0 Å². The predicted octanol–water partition coefficient (Wildman–Crippen LogP) is 4.15. The molecule has 8 nitrogen and oxygen atoms in total. The highest BCUT2D eigenvalue weighted by molar-refractivity contribution is 6.33. The number of hydrogen-bond acceptors (Lipinski definition) is 8. The smallest absolute Gasteiger partial charge is 0.163 e. The van der Waals surface area contributed by atoms with E-state index in [0.29, 0.717) is 40.4 Å². The molecule has 1 aromatic heterocycles. The van der Waals surface area contributed by atoms with E-state index in [1.807, 2.05) is 18.2 Å². The van der Waals surface area contributed by atoms with E-state index in [9.17, 15) is 0 Å². The van der Waals surface area contributed by atoms with E-state index in [1.165, 1.54) is 6.33 Å². The van der Waals surface area contributed by atoms with Gasteiger partial charge in [-0.05, 0) is 24.6 Å². The van der Waals surface area contributed by atoms with Crippen molar-refractivity contribution in [2.75, 3.05) is 59.0 Å². The highest BCUT2D eigenvalue weighted by Crippen LogP contribution is 2.36. The number of halogens is 1. The highest BCUT2D eigenvalue weighted by atomic mass is 35.5. The lowest BCUT2D eigenvalue weighted by Crippen LogP contribution is -2.37. The van der Waals surface area contributed by atoms with Crippen molar-refractivity contribution in [2.24, 2.45) is 0 Å². The minimum absolute atomic E-state index is 0.560. The molecule has 0 atom stereocenters. The molecule has 9 heteroatoms. The molecule has 1 aliphatic rings. The van der Waals surface area contributed by atoms with Crippen LogP contribution in [-0.4, -0.2) is 68.5 Å². The number of methoxy groups -OCH3 is 2. The van der Waals surface area contributed by atoms with E-state index in [2.05, 4.69) is 20.2 Å². The Morgan fingerprint density at radius 3 is 2.69 bits per heavy atom. The van der Waals surface area contributed by atoms with Crippen molar-refractivity contribution in [3.8, 4) is 17.2 Å². The summed E-state index contributed by atoms with van der Waals surface area (Å²) in [5.41, 5.74) is 1.43. The Kier molecular flexibility index (Phi) is 7.47. The first-order valence-corrected chi connectivity index (χ1v) is 10.9. The number of rotatable bonds is 9. The fourth-order valence-corrected chi connectivity index (χ4v) is 3.75. The maximum atomic E-state index is 6.35. The third kappa shape index (κ3) is 5.32. The second kappa shape index (κ2) is 10.7. The Labute approximate surface area is 192 Å². The summed E-state index contributed by atoms with van der Waals surface area (Å²) >= 11 is 6.35. The summed E-state index contributed by atoms with van der Waals surface area (Å²) in [6.45, 7) is 5.13. The number of anilines is 2. The van der Waals surface area contributed by atoms with Crippen molar-refractivity contribution in [1.82, 2.24) is 14.9 Å². The van der Waals surface area contributed by atoms with E-state index in [-0.39, 0.29) is 0 Å². The monoisotopic (exact) mass is 458 g/mol. The summed E-state index contributed by atoms with van der Waals surface area (Å²) in [6.07, 6.45) is 2.43. The van der Waals surface area contributed by atoms with Crippen LogP contribution in [0.3, 0.4) is 0 Å². The van der Waals surface area contributed by atoms with Crippen LogP contribution in [0.25, 0.3) is 10.9 Å². The number of hydrogen-bond donors (Lipinski definition) is 1. The van der Waals surface area contributed by atoms with E-state index in [0.717, 1.165) is 50.2 Å². The molecule has 0 unspecified atom stereocenters. The molecular weight excluding hydrogens is 432 g/mol. The number of benzene rings is 2. The quantitative estimate of drug-likeness (QED) is 0.479. The standard InChI is InChI=1S/C23H27ClN4O4/c1-29-16-4-5-18(24)20(12-16)27-23-17-13-21(30-2)22(14-19(17)25-15-26-23)32-9-3-6-28-7-10-31-11-8-28/h4-5,12-15H,3,6-11H2,1-2H3,(H,25,26,27). The molecule has 170 valence electrons. The van der Waals surface area contributed by atoms with Crippen molar-refractivity contribution < 1.29 is 18.9 Å². The lowest BCUT2D eigenvalue weighted by atomic mass is 10.2. The van der Waals surface area contributed by atoms with Crippen molar-refractivity contribution in [2.45, 2.75) is 6.42 Å². The Morgan fingerprint density at radius 2 is 1.91 bits per heavy atom. The molecule has 0 bridgehead atoms. The van der Waals surface area contributed by atoms with Crippen LogP contribution in [-0.2, 0) is 4.74 Å². The molecule has 0 amide bonds. The van der Waals surface area contributed by atoms with Gasteiger partial charge in [-0.2, -0.15) is 0 Å². The van der Waals surface area contributed by atoms with Gasteiger partial charge in [-0.3, -0.25) is 4.90 Å². The minimum Gasteiger partial charge on any atom is -0.497 e. The molecule has 0 aliphatic carbocycles. The molecule has 0 saturated carbocycles. The summed E-state index contributed by atoms with van der Waals surface area (Å²) in [5.74, 6) is 2.59. The van der Waals surface area contributed by atoms with Crippen LogP contribution in [0.15, 0.2) is 36.7 Å². The van der Waals surface area contributed by atoms with Crippen LogP contribution in [0.2, 0.25) is 5.02 Å². The largest absolute Gasteiger partial charge is 0.497 e. The fourth-order valence-electron chi connectivity index (χ4n) is 3.59. The zero-order chi connectivity index (χ0) is 22.3. The van der Waals surface area contributed by atoms with Gasteiger partial charge in [-0.1, -0.05) is 11.6 Å². The Hall–Kier alpha value is -2.81. The molecule has 1 saturated heterocycles. The number of nitrogens with zero attached hydrogens (tertiary/aromatic N) is 3. The van der Waals surface area contributed by atoms with E-state index in [4.69, 9.17) is 30.5 Å². The first-order valence-electron chi connectivity index (χ1n) is 10.5. The molecule has 1 fully saturated rings. The van der Waals surface area contributed by atoms with Crippen molar-refractivity contribution in [3.63, 3.8) is 0 Å². The third-order valence-corrected chi connectivity index (χ3v) is 5.66. The molecule has 2 aromatic carbocycles. The molecule has 3 aromatic rings. The molecule has 2 heterocycles.